The maximum atomic E-state index is 13.1. The molecule has 2 rings (SSSR count). The quantitative estimate of drug-likeness (QED) is 0.881. The number of hydrogen-bond acceptors (Lipinski definition) is 2. The number of benzene rings is 1. The first kappa shape index (κ1) is 13.5. The standard InChI is InChI=1S/C13H15BrFNO2/c1-13(2)10(6-11(13)17)16-12(18)8-5-7(15)3-4-9(8)14/h3-5,10-11,17H,6H2,1-2H3,(H,16,18). The molecule has 1 aromatic carbocycles. The molecular weight excluding hydrogens is 301 g/mol. The van der Waals surface area contributed by atoms with Crippen molar-refractivity contribution >= 4 is 21.8 Å². The zero-order chi connectivity index (χ0) is 13.5. The average Bonchev–Trinajstić information content (AvgIpc) is 2.31. The fourth-order valence-electron chi connectivity index (χ4n) is 2.05. The van der Waals surface area contributed by atoms with Gasteiger partial charge in [0.15, 0.2) is 0 Å². The highest BCUT2D eigenvalue weighted by atomic mass is 79.9. The molecule has 0 radical (unpaired) electrons. The molecule has 0 bridgehead atoms. The van der Waals surface area contributed by atoms with Gasteiger partial charge in [-0.2, -0.15) is 0 Å². The normalized spacial score (nSPS) is 25.4. The van der Waals surface area contributed by atoms with Gasteiger partial charge in [-0.3, -0.25) is 4.79 Å². The Morgan fingerprint density at radius 3 is 2.78 bits per heavy atom. The minimum Gasteiger partial charge on any atom is -0.392 e. The Bertz CT molecular complexity index is 490. The molecule has 0 aromatic heterocycles. The molecule has 98 valence electrons. The molecule has 0 saturated heterocycles. The Morgan fingerprint density at radius 2 is 2.22 bits per heavy atom. The van der Waals surface area contributed by atoms with E-state index in [1.807, 2.05) is 13.8 Å². The fraction of sp³-hybridized carbons (Fsp3) is 0.462. The molecular formula is C13H15BrFNO2. The Kier molecular flexibility index (Phi) is 3.47. The van der Waals surface area contributed by atoms with Crippen LogP contribution in [-0.2, 0) is 0 Å². The maximum Gasteiger partial charge on any atom is 0.252 e. The van der Waals surface area contributed by atoms with E-state index in [9.17, 15) is 14.3 Å². The lowest BCUT2D eigenvalue weighted by Crippen LogP contribution is -2.61. The van der Waals surface area contributed by atoms with Crippen LogP contribution >= 0.6 is 15.9 Å². The maximum absolute atomic E-state index is 13.1. The Morgan fingerprint density at radius 1 is 1.56 bits per heavy atom. The number of amides is 1. The molecule has 0 spiro atoms. The number of carbonyl (C=O) groups excluding carboxylic acids is 1. The van der Waals surface area contributed by atoms with Gasteiger partial charge in [-0.15, -0.1) is 0 Å². The number of rotatable bonds is 2. The number of aliphatic hydroxyl groups excluding tert-OH is 1. The summed E-state index contributed by atoms with van der Waals surface area (Å²) in [6.07, 6.45) is 0.129. The van der Waals surface area contributed by atoms with E-state index in [4.69, 9.17) is 0 Å². The molecule has 3 nitrogen and oxygen atoms in total. The van der Waals surface area contributed by atoms with Crippen molar-refractivity contribution in [3.63, 3.8) is 0 Å². The van der Waals surface area contributed by atoms with Crippen LogP contribution in [-0.4, -0.2) is 23.2 Å². The predicted molar refractivity (Wildman–Crippen MR) is 69.8 cm³/mol. The van der Waals surface area contributed by atoms with Gasteiger partial charge in [0.2, 0.25) is 0 Å². The van der Waals surface area contributed by atoms with Gasteiger partial charge < -0.3 is 10.4 Å². The van der Waals surface area contributed by atoms with Crippen LogP contribution < -0.4 is 5.32 Å². The van der Waals surface area contributed by atoms with Crippen molar-refractivity contribution < 1.29 is 14.3 Å². The molecule has 1 amide bonds. The lowest BCUT2D eigenvalue weighted by molar-refractivity contribution is -0.0689. The van der Waals surface area contributed by atoms with Gasteiger partial charge in [0, 0.05) is 15.9 Å². The highest BCUT2D eigenvalue weighted by molar-refractivity contribution is 9.10. The molecule has 5 heteroatoms. The Hall–Kier alpha value is -0.940. The average molecular weight is 316 g/mol. The lowest BCUT2D eigenvalue weighted by Gasteiger charge is -2.49. The molecule has 1 aliphatic carbocycles. The van der Waals surface area contributed by atoms with E-state index < -0.39 is 11.9 Å². The third kappa shape index (κ3) is 2.29. The second kappa shape index (κ2) is 4.63. The van der Waals surface area contributed by atoms with Gasteiger partial charge in [0.1, 0.15) is 5.82 Å². The minimum absolute atomic E-state index is 0.0878. The molecule has 2 unspecified atom stereocenters. The van der Waals surface area contributed by atoms with Crippen molar-refractivity contribution in [2.24, 2.45) is 5.41 Å². The van der Waals surface area contributed by atoms with Crippen molar-refractivity contribution in [2.75, 3.05) is 0 Å². The number of halogens is 2. The summed E-state index contributed by atoms with van der Waals surface area (Å²) in [7, 11) is 0. The van der Waals surface area contributed by atoms with Crippen molar-refractivity contribution in [2.45, 2.75) is 32.4 Å². The predicted octanol–water partition coefficient (Wildman–Crippen LogP) is 2.48. The summed E-state index contributed by atoms with van der Waals surface area (Å²) < 4.78 is 13.7. The van der Waals surface area contributed by atoms with Gasteiger partial charge in [0.25, 0.3) is 5.91 Å². The summed E-state index contributed by atoms with van der Waals surface area (Å²) in [5, 5.41) is 12.4. The largest absolute Gasteiger partial charge is 0.392 e. The van der Waals surface area contributed by atoms with Crippen LogP contribution in [0.15, 0.2) is 22.7 Å². The zero-order valence-electron chi connectivity index (χ0n) is 10.2. The van der Waals surface area contributed by atoms with E-state index in [2.05, 4.69) is 21.2 Å². The topological polar surface area (TPSA) is 49.3 Å². The summed E-state index contributed by atoms with van der Waals surface area (Å²) in [6, 6.07) is 3.90. The SMILES string of the molecule is CC1(C)C(O)CC1NC(=O)c1cc(F)ccc1Br. The van der Waals surface area contributed by atoms with Crippen molar-refractivity contribution in [1.82, 2.24) is 5.32 Å². The molecule has 2 atom stereocenters. The number of aliphatic hydroxyl groups is 1. The van der Waals surface area contributed by atoms with Gasteiger partial charge in [-0.05, 0) is 40.5 Å². The van der Waals surface area contributed by atoms with E-state index >= 15 is 0 Å². The number of carbonyl (C=O) groups is 1. The van der Waals surface area contributed by atoms with Crippen LogP contribution in [0.25, 0.3) is 0 Å². The van der Waals surface area contributed by atoms with Crippen LogP contribution in [0.4, 0.5) is 4.39 Å². The van der Waals surface area contributed by atoms with Crippen LogP contribution in [0.1, 0.15) is 30.6 Å². The third-order valence-corrected chi connectivity index (χ3v) is 4.39. The lowest BCUT2D eigenvalue weighted by atomic mass is 9.64. The van der Waals surface area contributed by atoms with Crippen LogP contribution in [0.2, 0.25) is 0 Å². The van der Waals surface area contributed by atoms with Gasteiger partial charge in [-0.25, -0.2) is 4.39 Å². The Balaban J connectivity index is 2.12. The van der Waals surface area contributed by atoms with E-state index in [0.717, 1.165) is 0 Å². The summed E-state index contributed by atoms with van der Waals surface area (Å²) in [5.74, 6) is -0.775. The fourth-order valence-corrected chi connectivity index (χ4v) is 2.48. The third-order valence-electron chi connectivity index (χ3n) is 3.69. The first-order valence-electron chi connectivity index (χ1n) is 5.76. The Labute approximate surface area is 114 Å². The minimum atomic E-state index is -0.448. The first-order valence-corrected chi connectivity index (χ1v) is 6.55. The molecule has 1 aromatic rings. The van der Waals surface area contributed by atoms with Crippen molar-refractivity contribution in [3.05, 3.63) is 34.1 Å². The summed E-state index contributed by atoms with van der Waals surface area (Å²) >= 11 is 3.22. The first-order chi connectivity index (χ1) is 8.32. The summed E-state index contributed by atoms with van der Waals surface area (Å²) in [5.41, 5.74) is -0.0673. The molecule has 2 N–H and O–H groups in total. The van der Waals surface area contributed by atoms with Crippen LogP contribution in [0.5, 0.6) is 0 Å². The summed E-state index contributed by atoms with van der Waals surface area (Å²) in [6.45, 7) is 3.79. The van der Waals surface area contributed by atoms with E-state index in [-0.39, 0.29) is 22.9 Å². The summed E-state index contributed by atoms with van der Waals surface area (Å²) in [4.78, 5) is 12.0. The number of nitrogens with one attached hydrogen (secondary N) is 1. The second-order valence-corrected chi connectivity index (χ2v) is 6.08. The molecule has 1 fully saturated rings. The van der Waals surface area contributed by atoms with Crippen LogP contribution in [0, 0.1) is 11.2 Å². The van der Waals surface area contributed by atoms with E-state index in [1.54, 1.807) is 0 Å². The highest BCUT2D eigenvalue weighted by Gasteiger charge is 2.48. The smallest absolute Gasteiger partial charge is 0.252 e. The second-order valence-electron chi connectivity index (χ2n) is 5.22. The van der Waals surface area contributed by atoms with Gasteiger partial charge in [-0.1, -0.05) is 13.8 Å². The monoisotopic (exact) mass is 315 g/mol. The van der Waals surface area contributed by atoms with Crippen LogP contribution in [0.3, 0.4) is 0 Å². The molecule has 18 heavy (non-hydrogen) atoms. The zero-order valence-corrected chi connectivity index (χ0v) is 11.8. The van der Waals surface area contributed by atoms with E-state index in [0.29, 0.717) is 10.9 Å². The van der Waals surface area contributed by atoms with E-state index in [1.165, 1.54) is 18.2 Å². The van der Waals surface area contributed by atoms with Gasteiger partial charge >= 0.3 is 0 Å². The van der Waals surface area contributed by atoms with Crippen molar-refractivity contribution in [3.8, 4) is 0 Å². The molecule has 1 aliphatic rings. The van der Waals surface area contributed by atoms with Gasteiger partial charge in [0.05, 0.1) is 11.7 Å². The number of hydrogen-bond donors (Lipinski definition) is 2. The molecule has 0 heterocycles. The highest BCUT2D eigenvalue weighted by Crippen LogP contribution is 2.40. The molecule has 1 saturated carbocycles. The van der Waals surface area contributed by atoms with Crippen molar-refractivity contribution in [1.29, 1.82) is 0 Å². The molecule has 0 aliphatic heterocycles.